The monoisotopic (exact) mass is 277 g/mol. The molecule has 2 atom stereocenters. The van der Waals surface area contributed by atoms with E-state index in [1.165, 1.54) is 19.3 Å². The highest BCUT2D eigenvalue weighted by Gasteiger charge is 2.26. The first-order valence-electron chi connectivity index (χ1n) is 7.19. The molecule has 1 N–H and O–H groups in total. The fourth-order valence-corrected chi connectivity index (χ4v) is 2.24. The van der Waals surface area contributed by atoms with Gasteiger partial charge >= 0.3 is 0 Å². The second-order valence-electron chi connectivity index (χ2n) is 4.68. The summed E-state index contributed by atoms with van der Waals surface area (Å²) in [5.74, 6) is -0.150. The van der Waals surface area contributed by atoms with Gasteiger partial charge in [-0.25, -0.2) is 0 Å². The Bertz CT molecular complexity index is 220. The van der Waals surface area contributed by atoms with Gasteiger partial charge in [-0.3, -0.25) is 4.79 Å². The van der Waals surface area contributed by atoms with Crippen molar-refractivity contribution in [1.29, 1.82) is 0 Å². The van der Waals surface area contributed by atoms with Crippen molar-refractivity contribution in [1.82, 2.24) is 4.90 Å². The van der Waals surface area contributed by atoms with E-state index in [-0.39, 0.29) is 5.91 Å². The first-order valence-corrected chi connectivity index (χ1v) is 7.62. The number of hydrogen-bond acceptors (Lipinski definition) is 2. The molecule has 0 aliphatic carbocycles. The largest absolute Gasteiger partial charge is 0.391 e. The third kappa shape index (κ3) is 6.60. The van der Waals surface area contributed by atoms with Crippen LogP contribution in [0.1, 0.15) is 59.3 Å². The van der Waals surface area contributed by atoms with Gasteiger partial charge < -0.3 is 10.0 Å². The van der Waals surface area contributed by atoms with Crippen LogP contribution in [0.2, 0.25) is 0 Å². The number of unbranched alkanes of at least 4 members (excludes halogenated alkanes) is 4. The number of hydrogen-bond donors (Lipinski definition) is 1. The number of carbonyl (C=O) groups is 1. The van der Waals surface area contributed by atoms with Crippen LogP contribution in [0.15, 0.2) is 0 Å². The quantitative estimate of drug-likeness (QED) is 0.492. The summed E-state index contributed by atoms with van der Waals surface area (Å²) in [5, 5.41) is 9.11. The van der Waals surface area contributed by atoms with Crippen LogP contribution in [0, 0.1) is 0 Å². The highest BCUT2D eigenvalue weighted by Crippen LogP contribution is 2.15. The number of amides is 1. The van der Waals surface area contributed by atoms with Crippen molar-refractivity contribution in [2.24, 2.45) is 0 Å². The lowest BCUT2D eigenvalue weighted by atomic mass is 10.1. The van der Waals surface area contributed by atoms with E-state index in [1.54, 1.807) is 4.90 Å². The van der Waals surface area contributed by atoms with Crippen molar-refractivity contribution in [3.05, 3.63) is 0 Å². The lowest BCUT2D eigenvalue weighted by Crippen LogP contribution is -2.41. The van der Waals surface area contributed by atoms with E-state index in [0.717, 1.165) is 12.8 Å². The minimum atomic E-state index is -0.795. The first-order chi connectivity index (χ1) is 8.58. The Labute approximate surface area is 117 Å². The lowest BCUT2D eigenvalue weighted by Gasteiger charge is -2.24. The van der Waals surface area contributed by atoms with Crippen molar-refractivity contribution in [3.63, 3.8) is 0 Å². The van der Waals surface area contributed by atoms with E-state index in [2.05, 4.69) is 6.92 Å². The van der Waals surface area contributed by atoms with Crippen molar-refractivity contribution >= 4 is 17.5 Å². The minimum absolute atomic E-state index is 0.150. The summed E-state index contributed by atoms with van der Waals surface area (Å²) < 4.78 is 0. The zero-order valence-corrected chi connectivity index (χ0v) is 12.7. The predicted octanol–water partition coefficient (Wildman–Crippen LogP) is 3.18. The molecule has 0 heterocycles. The third-order valence-electron chi connectivity index (χ3n) is 3.25. The predicted molar refractivity (Wildman–Crippen MR) is 77.0 cm³/mol. The van der Waals surface area contributed by atoms with Crippen molar-refractivity contribution in [2.45, 2.75) is 70.8 Å². The van der Waals surface area contributed by atoms with E-state index < -0.39 is 11.5 Å². The number of alkyl halides is 1. The number of carbonyl (C=O) groups excluding carboxylic acids is 1. The van der Waals surface area contributed by atoms with E-state index in [9.17, 15) is 9.90 Å². The number of halogens is 1. The second kappa shape index (κ2) is 10.6. The van der Waals surface area contributed by atoms with Crippen LogP contribution in [-0.2, 0) is 4.79 Å². The average Bonchev–Trinajstić information content (AvgIpc) is 2.38. The molecule has 4 heteroatoms. The second-order valence-corrected chi connectivity index (χ2v) is 5.15. The molecule has 18 heavy (non-hydrogen) atoms. The number of aliphatic hydroxyl groups excluding tert-OH is 1. The Hall–Kier alpha value is -0.280. The Balaban J connectivity index is 3.94. The number of aliphatic hydroxyl groups is 1. The van der Waals surface area contributed by atoms with Crippen LogP contribution >= 0.6 is 11.6 Å². The molecule has 3 nitrogen and oxygen atoms in total. The number of nitrogens with zero attached hydrogens (tertiary/aromatic N) is 1. The standard InChI is InChI=1S/C14H28ClNO2/c1-4-7-8-9-10-11-12(17)13(15)14(18)16(5-2)6-3/h12-13,17H,4-11H2,1-3H3. The molecular formula is C14H28ClNO2. The molecular weight excluding hydrogens is 250 g/mol. The van der Waals surface area contributed by atoms with Gasteiger partial charge in [-0.2, -0.15) is 0 Å². The van der Waals surface area contributed by atoms with E-state index >= 15 is 0 Å². The van der Waals surface area contributed by atoms with Crippen LogP contribution < -0.4 is 0 Å². The van der Waals surface area contributed by atoms with Gasteiger partial charge in [0.05, 0.1) is 6.10 Å². The Morgan fingerprint density at radius 1 is 1.11 bits per heavy atom. The summed E-state index contributed by atoms with van der Waals surface area (Å²) in [4.78, 5) is 13.6. The molecule has 0 rings (SSSR count). The summed E-state index contributed by atoms with van der Waals surface area (Å²) in [6.07, 6.45) is 5.58. The topological polar surface area (TPSA) is 40.5 Å². The maximum absolute atomic E-state index is 11.9. The Morgan fingerprint density at radius 2 is 1.67 bits per heavy atom. The van der Waals surface area contributed by atoms with Gasteiger partial charge in [0.1, 0.15) is 5.38 Å². The first kappa shape index (κ1) is 17.7. The van der Waals surface area contributed by atoms with Crippen LogP contribution in [0.3, 0.4) is 0 Å². The zero-order chi connectivity index (χ0) is 14.0. The van der Waals surface area contributed by atoms with Crippen LogP contribution in [0.25, 0.3) is 0 Å². The van der Waals surface area contributed by atoms with Gasteiger partial charge in [0, 0.05) is 13.1 Å². The van der Waals surface area contributed by atoms with Crippen LogP contribution in [0.5, 0.6) is 0 Å². The summed E-state index contributed by atoms with van der Waals surface area (Å²) in [6.45, 7) is 7.29. The summed E-state index contributed by atoms with van der Waals surface area (Å²) >= 11 is 6.03. The molecule has 0 aromatic heterocycles. The van der Waals surface area contributed by atoms with Gasteiger partial charge in [-0.05, 0) is 20.3 Å². The Morgan fingerprint density at radius 3 is 2.17 bits per heavy atom. The molecule has 0 fully saturated rings. The smallest absolute Gasteiger partial charge is 0.243 e. The van der Waals surface area contributed by atoms with Gasteiger partial charge in [0.15, 0.2) is 0 Å². The van der Waals surface area contributed by atoms with Crippen molar-refractivity contribution in [3.8, 4) is 0 Å². The number of rotatable bonds is 10. The molecule has 0 radical (unpaired) electrons. The minimum Gasteiger partial charge on any atom is -0.391 e. The van der Waals surface area contributed by atoms with Gasteiger partial charge in [-0.1, -0.05) is 39.0 Å². The summed E-state index contributed by atoms with van der Waals surface area (Å²) in [6, 6.07) is 0. The fourth-order valence-electron chi connectivity index (χ4n) is 1.98. The molecule has 1 amide bonds. The molecule has 0 aromatic carbocycles. The summed E-state index contributed by atoms with van der Waals surface area (Å²) in [7, 11) is 0. The van der Waals surface area contributed by atoms with Crippen LogP contribution in [-0.4, -0.2) is 40.5 Å². The average molecular weight is 278 g/mol. The maximum Gasteiger partial charge on any atom is 0.243 e. The lowest BCUT2D eigenvalue weighted by molar-refractivity contribution is -0.132. The highest BCUT2D eigenvalue weighted by atomic mass is 35.5. The summed E-state index contributed by atoms with van der Waals surface area (Å²) in [5.41, 5.74) is 0. The van der Waals surface area contributed by atoms with E-state index in [0.29, 0.717) is 19.5 Å². The van der Waals surface area contributed by atoms with E-state index in [4.69, 9.17) is 11.6 Å². The molecule has 0 bridgehead atoms. The van der Waals surface area contributed by atoms with E-state index in [1.807, 2.05) is 13.8 Å². The fraction of sp³-hybridized carbons (Fsp3) is 0.929. The van der Waals surface area contributed by atoms with Gasteiger partial charge in [-0.15, -0.1) is 11.6 Å². The van der Waals surface area contributed by atoms with Crippen molar-refractivity contribution in [2.75, 3.05) is 13.1 Å². The third-order valence-corrected chi connectivity index (χ3v) is 3.73. The van der Waals surface area contributed by atoms with Gasteiger partial charge in [0.2, 0.25) is 5.91 Å². The highest BCUT2D eigenvalue weighted by molar-refractivity contribution is 6.31. The molecule has 0 saturated carbocycles. The zero-order valence-electron chi connectivity index (χ0n) is 12.0. The van der Waals surface area contributed by atoms with Crippen molar-refractivity contribution < 1.29 is 9.90 Å². The maximum atomic E-state index is 11.9. The SMILES string of the molecule is CCCCCCCC(O)C(Cl)C(=O)N(CC)CC. The molecule has 108 valence electrons. The molecule has 2 unspecified atom stereocenters. The normalized spacial score (nSPS) is 14.3. The Kier molecular flexibility index (Phi) is 10.5. The molecule has 0 aliphatic rings. The molecule has 0 spiro atoms. The van der Waals surface area contributed by atoms with Crippen LogP contribution in [0.4, 0.5) is 0 Å². The molecule has 0 aromatic rings. The molecule has 0 aliphatic heterocycles. The molecule has 0 saturated heterocycles. The van der Waals surface area contributed by atoms with Gasteiger partial charge in [0.25, 0.3) is 0 Å².